The summed E-state index contributed by atoms with van der Waals surface area (Å²) in [6, 6.07) is 1.62. The number of benzene rings is 1. The molecule has 0 spiro atoms. The van der Waals surface area contributed by atoms with Gasteiger partial charge in [-0.3, -0.25) is 14.9 Å². The van der Waals surface area contributed by atoms with Crippen molar-refractivity contribution in [2.24, 2.45) is 5.92 Å². The largest absolute Gasteiger partial charge is 0.396 e. The Balaban J connectivity index is 2.35. The number of β-amino-alcohol motifs (C(OH)–C–C–N with tert-alkyl or cyclic N) is 1. The fraction of sp³-hybridized carbons (Fsp3) is 0.462. The highest BCUT2D eigenvalue weighted by Crippen LogP contribution is 2.27. The van der Waals surface area contributed by atoms with E-state index < -0.39 is 28.4 Å². The monoisotopic (exact) mass is 297 g/mol. The van der Waals surface area contributed by atoms with E-state index in [2.05, 4.69) is 0 Å². The molecule has 8 heteroatoms. The average Bonchev–Trinajstić information content (AvgIpc) is 2.43. The molecule has 1 aromatic carbocycles. The number of rotatable bonds is 2. The number of nitro benzene ring substituents is 1. The number of nitrogens with zero attached hydrogens (tertiary/aromatic N) is 2. The van der Waals surface area contributed by atoms with Crippen molar-refractivity contribution in [3.05, 3.63) is 33.6 Å². The van der Waals surface area contributed by atoms with Crippen molar-refractivity contribution in [3.8, 4) is 0 Å². The number of halogens is 1. The molecule has 1 heterocycles. The number of carbonyl (C=O) groups excluding carboxylic acids is 1. The van der Waals surface area contributed by atoms with Crippen LogP contribution in [-0.4, -0.2) is 40.0 Å². The molecule has 1 aliphatic heterocycles. The summed E-state index contributed by atoms with van der Waals surface area (Å²) < 4.78 is 13.3. The minimum atomic E-state index is -0.939. The fourth-order valence-corrected chi connectivity index (χ4v) is 2.31. The Labute approximate surface area is 120 Å². The molecule has 2 atom stereocenters. The van der Waals surface area contributed by atoms with Crippen molar-refractivity contribution in [2.75, 3.05) is 18.8 Å². The molecule has 1 aromatic rings. The molecule has 0 aromatic heterocycles. The fourth-order valence-electron chi connectivity index (χ4n) is 2.31. The van der Waals surface area contributed by atoms with Gasteiger partial charge in [-0.05, 0) is 18.4 Å². The quantitative estimate of drug-likeness (QED) is 0.483. The van der Waals surface area contributed by atoms with Gasteiger partial charge in [-0.25, -0.2) is 4.39 Å². The molecule has 7 nitrogen and oxygen atoms in total. The van der Waals surface area contributed by atoms with Gasteiger partial charge in [-0.2, -0.15) is 0 Å². The van der Waals surface area contributed by atoms with E-state index in [1.165, 1.54) is 4.90 Å². The summed E-state index contributed by atoms with van der Waals surface area (Å²) in [4.78, 5) is 23.8. The number of nitro groups is 1. The average molecular weight is 297 g/mol. The molecular weight excluding hydrogens is 281 g/mol. The van der Waals surface area contributed by atoms with Crippen molar-refractivity contribution in [2.45, 2.75) is 19.4 Å². The van der Waals surface area contributed by atoms with Gasteiger partial charge in [-0.15, -0.1) is 0 Å². The van der Waals surface area contributed by atoms with E-state index in [1.54, 1.807) is 0 Å². The van der Waals surface area contributed by atoms with Gasteiger partial charge in [-0.1, -0.05) is 6.92 Å². The Hall–Kier alpha value is -2.22. The minimum Gasteiger partial charge on any atom is -0.396 e. The van der Waals surface area contributed by atoms with Crippen LogP contribution in [0, 0.1) is 21.8 Å². The van der Waals surface area contributed by atoms with E-state index in [-0.39, 0.29) is 23.7 Å². The van der Waals surface area contributed by atoms with Gasteiger partial charge in [0.25, 0.3) is 11.6 Å². The third-order valence-corrected chi connectivity index (χ3v) is 3.75. The maximum absolute atomic E-state index is 13.3. The SMILES string of the molecule is CC1CCN(C(=O)c2cc(N)c(F)cc2[N+](=O)[O-])CC1O. The molecule has 0 bridgehead atoms. The second-order valence-electron chi connectivity index (χ2n) is 5.23. The zero-order valence-corrected chi connectivity index (χ0v) is 11.5. The summed E-state index contributed by atoms with van der Waals surface area (Å²) >= 11 is 0. The molecule has 3 N–H and O–H groups in total. The Kier molecular flexibility index (Phi) is 4.08. The van der Waals surface area contributed by atoms with Gasteiger partial charge in [0, 0.05) is 13.1 Å². The van der Waals surface area contributed by atoms with Crippen LogP contribution in [0.5, 0.6) is 0 Å². The van der Waals surface area contributed by atoms with E-state index in [9.17, 15) is 24.4 Å². The number of hydrogen-bond donors (Lipinski definition) is 2. The van der Waals surface area contributed by atoms with Gasteiger partial charge in [0.1, 0.15) is 5.56 Å². The lowest BCUT2D eigenvalue weighted by Gasteiger charge is -2.34. The van der Waals surface area contributed by atoms with Crippen LogP contribution in [0.3, 0.4) is 0 Å². The van der Waals surface area contributed by atoms with Crippen LogP contribution in [0.2, 0.25) is 0 Å². The van der Waals surface area contributed by atoms with Crippen LogP contribution < -0.4 is 5.73 Å². The lowest BCUT2D eigenvalue weighted by molar-refractivity contribution is -0.385. The third kappa shape index (κ3) is 2.94. The highest BCUT2D eigenvalue weighted by molar-refractivity contribution is 5.99. The molecule has 1 fully saturated rings. The second kappa shape index (κ2) is 5.65. The molecular formula is C13H16FN3O4. The maximum Gasteiger partial charge on any atom is 0.285 e. The summed E-state index contributed by atoms with van der Waals surface area (Å²) in [7, 11) is 0. The first-order valence-electron chi connectivity index (χ1n) is 6.52. The first-order valence-corrected chi connectivity index (χ1v) is 6.52. The number of piperidine rings is 1. The minimum absolute atomic E-state index is 0.0577. The molecule has 1 amide bonds. The molecule has 0 aliphatic carbocycles. The van der Waals surface area contributed by atoms with E-state index in [0.717, 1.165) is 6.07 Å². The van der Waals surface area contributed by atoms with Crippen molar-refractivity contribution in [1.29, 1.82) is 0 Å². The van der Waals surface area contributed by atoms with Crippen LogP contribution >= 0.6 is 0 Å². The van der Waals surface area contributed by atoms with Gasteiger partial charge < -0.3 is 15.7 Å². The Morgan fingerprint density at radius 1 is 1.57 bits per heavy atom. The molecule has 0 saturated carbocycles. The van der Waals surface area contributed by atoms with Crippen LogP contribution in [0.25, 0.3) is 0 Å². The van der Waals surface area contributed by atoms with Crippen LogP contribution in [0.15, 0.2) is 12.1 Å². The molecule has 1 saturated heterocycles. The number of anilines is 1. The highest BCUT2D eigenvalue weighted by atomic mass is 19.1. The summed E-state index contributed by atoms with van der Waals surface area (Å²) in [5.74, 6) is -1.51. The Bertz CT molecular complexity index is 593. The van der Waals surface area contributed by atoms with Crippen molar-refractivity contribution in [3.63, 3.8) is 0 Å². The first kappa shape index (κ1) is 15.2. The van der Waals surface area contributed by atoms with Crippen LogP contribution in [0.4, 0.5) is 15.8 Å². The van der Waals surface area contributed by atoms with Gasteiger partial charge in [0.05, 0.1) is 22.8 Å². The zero-order chi connectivity index (χ0) is 15.7. The van der Waals surface area contributed by atoms with Crippen LogP contribution in [-0.2, 0) is 0 Å². The standard InChI is InChI=1S/C13H16FN3O4/c1-7-2-3-16(6-12(7)18)13(19)8-4-10(15)9(14)5-11(8)17(20)21/h4-5,7,12,18H,2-3,6,15H2,1H3. The Morgan fingerprint density at radius 2 is 2.24 bits per heavy atom. The summed E-state index contributed by atoms with van der Waals surface area (Å²) in [6.45, 7) is 2.34. The van der Waals surface area contributed by atoms with E-state index >= 15 is 0 Å². The number of aliphatic hydroxyl groups excluding tert-OH is 1. The summed E-state index contributed by atoms with van der Waals surface area (Å²) in [5.41, 5.74) is 4.18. The number of nitrogens with two attached hydrogens (primary N) is 1. The summed E-state index contributed by atoms with van der Waals surface area (Å²) in [5, 5.41) is 20.8. The van der Waals surface area contributed by atoms with E-state index in [1.807, 2.05) is 6.92 Å². The van der Waals surface area contributed by atoms with Crippen molar-refractivity contribution in [1.82, 2.24) is 4.90 Å². The zero-order valence-electron chi connectivity index (χ0n) is 11.5. The van der Waals surface area contributed by atoms with E-state index in [4.69, 9.17) is 5.73 Å². The maximum atomic E-state index is 13.3. The summed E-state index contributed by atoms with van der Waals surface area (Å²) in [6.07, 6.45) is -0.0863. The lowest BCUT2D eigenvalue weighted by atomic mass is 9.95. The smallest absolute Gasteiger partial charge is 0.285 e. The predicted molar refractivity (Wildman–Crippen MR) is 73.2 cm³/mol. The topological polar surface area (TPSA) is 110 Å². The molecule has 2 rings (SSSR count). The number of hydrogen-bond acceptors (Lipinski definition) is 5. The second-order valence-corrected chi connectivity index (χ2v) is 5.23. The molecule has 21 heavy (non-hydrogen) atoms. The van der Waals surface area contributed by atoms with Crippen molar-refractivity contribution >= 4 is 17.3 Å². The number of amides is 1. The predicted octanol–water partition coefficient (Wildman–Crippen LogP) is 1.16. The molecule has 114 valence electrons. The first-order chi connectivity index (χ1) is 9.81. The molecule has 2 unspecified atom stereocenters. The van der Waals surface area contributed by atoms with Crippen LogP contribution in [0.1, 0.15) is 23.7 Å². The lowest BCUT2D eigenvalue weighted by Crippen LogP contribution is -2.46. The van der Waals surface area contributed by atoms with E-state index in [0.29, 0.717) is 19.0 Å². The number of likely N-dealkylation sites (tertiary alicyclic amines) is 1. The third-order valence-electron chi connectivity index (χ3n) is 3.75. The van der Waals surface area contributed by atoms with Gasteiger partial charge in [0.2, 0.25) is 0 Å². The number of carbonyl (C=O) groups is 1. The normalized spacial score (nSPS) is 22.1. The molecule has 0 radical (unpaired) electrons. The number of aliphatic hydroxyl groups is 1. The number of nitrogen functional groups attached to an aromatic ring is 1. The van der Waals surface area contributed by atoms with Gasteiger partial charge in [0.15, 0.2) is 5.82 Å². The van der Waals surface area contributed by atoms with Gasteiger partial charge >= 0.3 is 0 Å². The Morgan fingerprint density at radius 3 is 2.81 bits per heavy atom. The molecule has 1 aliphatic rings. The highest BCUT2D eigenvalue weighted by Gasteiger charge is 2.31. The van der Waals surface area contributed by atoms with Crippen molar-refractivity contribution < 1.29 is 19.2 Å².